The maximum Gasteiger partial charge on any atom is 0.322 e. The zero-order valence-electron chi connectivity index (χ0n) is 18.9. The topological polar surface area (TPSA) is 61.6 Å². The molecule has 2 amide bonds. The van der Waals surface area contributed by atoms with Gasteiger partial charge in [0, 0.05) is 35.9 Å². The number of rotatable bonds is 9. The number of hydrogen-bond acceptors (Lipinski definition) is 4. The minimum absolute atomic E-state index is 0.207. The van der Waals surface area contributed by atoms with Crippen LogP contribution in [0.4, 0.5) is 20.8 Å². The minimum Gasteiger partial charge on any atom is -0.341 e. The third kappa shape index (κ3) is 5.66. The highest BCUT2D eigenvalue weighted by molar-refractivity contribution is 6.30. The molecule has 4 rings (SSSR count). The van der Waals surface area contributed by atoms with Gasteiger partial charge in [-0.2, -0.15) is 0 Å². The van der Waals surface area contributed by atoms with E-state index in [4.69, 9.17) is 16.1 Å². The summed E-state index contributed by atoms with van der Waals surface area (Å²) in [7, 11) is 0. The summed E-state index contributed by atoms with van der Waals surface area (Å²) >= 11 is 6.09. The summed E-state index contributed by atoms with van der Waals surface area (Å²) in [5.74, 6) is 0.806. The average molecular weight is 471 g/mol. The second-order valence-electron chi connectivity index (χ2n) is 8.26. The van der Waals surface area contributed by atoms with Crippen molar-refractivity contribution in [2.45, 2.75) is 33.2 Å². The molecule has 0 aliphatic heterocycles. The first-order valence-corrected chi connectivity index (χ1v) is 11.7. The molecule has 0 bridgehead atoms. The van der Waals surface area contributed by atoms with E-state index in [2.05, 4.69) is 15.4 Å². The normalized spacial score (nSPS) is 13.1. The second kappa shape index (κ2) is 10.3. The fraction of sp³-hybridized carbons (Fsp3) is 0.360. The van der Waals surface area contributed by atoms with Crippen LogP contribution in [-0.4, -0.2) is 35.7 Å². The predicted molar refractivity (Wildman–Crippen MR) is 129 cm³/mol. The van der Waals surface area contributed by atoms with Crippen molar-refractivity contribution in [3.05, 3.63) is 64.9 Å². The van der Waals surface area contributed by atoms with Crippen LogP contribution in [0.2, 0.25) is 5.02 Å². The Labute approximate surface area is 198 Å². The molecule has 1 aliphatic rings. The van der Waals surface area contributed by atoms with Gasteiger partial charge < -0.3 is 19.6 Å². The number of urea groups is 1. The largest absolute Gasteiger partial charge is 0.341 e. The van der Waals surface area contributed by atoms with Gasteiger partial charge in [-0.1, -0.05) is 22.8 Å². The van der Waals surface area contributed by atoms with Crippen molar-refractivity contribution in [3.8, 4) is 11.3 Å². The number of aromatic nitrogens is 1. The third-order valence-corrected chi connectivity index (χ3v) is 6.06. The molecule has 33 heavy (non-hydrogen) atoms. The summed E-state index contributed by atoms with van der Waals surface area (Å²) in [6.07, 6.45) is 2.22. The number of anilines is 2. The van der Waals surface area contributed by atoms with E-state index in [9.17, 15) is 9.18 Å². The van der Waals surface area contributed by atoms with Crippen molar-refractivity contribution in [3.63, 3.8) is 0 Å². The first-order chi connectivity index (χ1) is 16.0. The van der Waals surface area contributed by atoms with Crippen LogP contribution < -0.4 is 10.2 Å². The maximum atomic E-state index is 13.5. The number of nitrogens with one attached hydrogen (secondary N) is 1. The second-order valence-corrected chi connectivity index (χ2v) is 8.69. The maximum absolute atomic E-state index is 13.5. The van der Waals surface area contributed by atoms with E-state index in [1.54, 1.807) is 35.2 Å². The van der Waals surface area contributed by atoms with Gasteiger partial charge in [-0.3, -0.25) is 0 Å². The van der Waals surface area contributed by atoms with Gasteiger partial charge in [0.25, 0.3) is 0 Å². The molecule has 1 aliphatic carbocycles. The first kappa shape index (κ1) is 23.1. The smallest absolute Gasteiger partial charge is 0.322 e. The van der Waals surface area contributed by atoms with E-state index in [-0.39, 0.29) is 11.8 Å². The number of benzene rings is 2. The summed E-state index contributed by atoms with van der Waals surface area (Å²) in [4.78, 5) is 17.1. The zero-order chi connectivity index (χ0) is 23.4. The molecule has 0 saturated heterocycles. The molecule has 2 aromatic carbocycles. The molecule has 0 unspecified atom stereocenters. The van der Waals surface area contributed by atoms with E-state index in [0.29, 0.717) is 41.3 Å². The SMILES string of the molecule is CCN(CC)c1onc(-c2ccc(F)cc2)c1CN(CC1CC1)C(=O)Nc1cccc(Cl)c1. The number of amides is 2. The van der Waals surface area contributed by atoms with Crippen LogP contribution in [0.5, 0.6) is 0 Å². The average Bonchev–Trinajstić information content (AvgIpc) is 3.53. The Bertz CT molecular complexity index is 1090. The molecule has 1 N–H and O–H groups in total. The molecule has 174 valence electrons. The quantitative estimate of drug-likeness (QED) is 0.391. The van der Waals surface area contributed by atoms with Gasteiger partial charge in [-0.25, -0.2) is 9.18 Å². The Morgan fingerprint density at radius 1 is 1.18 bits per heavy atom. The third-order valence-electron chi connectivity index (χ3n) is 5.82. The Balaban J connectivity index is 1.67. The van der Waals surface area contributed by atoms with Crippen LogP contribution in [0.15, 0.2) is 53.1 Å². The van der Waals surface area contributed by atoms with Crippen molar-refractivity contribution in [1.82, 2.24) is 10.1 Å². The van der Waals surface area contributed by atoms with Crippen molar-refractivity contribution in [2.75, 3.05) is 29.9 Å². The van der Waals surface area contributed by atoms with Gasteiger partial charge in [-0.05, 0) is 75.1 Å². The lowest BCUT2D eigenvalue weighted by Crippen LogP contribution is -2.36. The number of hydrogen-bond donors (Lipinski definition) is 1. The summed E-state index contributed by atoms with van der Waals surface area (Å²) < 4.78 is 19.3. The van der Waals surface area contributed by atoms with E-state index in [1.165, 1.54) is 12.1 Å². The highest BCUT2D eigenvalue weighted by Crippen LogP contribution is 2.35. The first-order valence-electron chi connectivity index (χ1n) is 11.3. The molecule has 3 aromatic rings. The Morgan fingerprint density at radius 2 is 1.91 bits per heavy atom. The molecule has 0 atom stereocenters. The van der Waals surface area contributed by atoms with Gasteiger partial charge in [0.2, 0.25) is 5.88 Å². The van der Waals surface area contributed by atoms with E-state index < -0.39 is 0 Å². The standard InChI is InChI=1S/C25H28ClFN4O2/c1-3-30(4-2)24-22(23(29-33-24)18-10-12-20(27)13-11-18)16-31(15-17-8-9-17)25(32)28-21-7-5-6-19(26)14-21/h5-7,10-14,17H,3-4,8-9,15-16H2,1-2H3,(H,28,32). The van der Waals surface area contributed by atoms with Crippen molar-refractivity contribution in [1.29, 1.82) is 0 Å². The van der Waals surface area contributed by atoms with Gasteiger partial charge in [-0.15, -0.1) is 0 Å². The number of carbonyl (C=O) groups excluding carboxylic acids is 1. The van der Waals surface area contributed by atoms with Crippen molar-refractivity contribution < 1.29 is 13.7 Å². The van der Waals surface area contributed by atoms with E-state index in [0.717, 1.165) is 37.1 Å². The van der Waals surface area contributed by atoms with Gasteiger partial charge >= 0.3 is 6.03 Å². The highest BCUT2D eigenvalue weighted by atomic mass is 35.5. The lowest BCUT2D eigenvalue weighted by molar-refractivity contribution is 0.206. The molecule has 1 fully saturated rings. The van der Waals surface area contributed by atoms with Crippen LogP contribution in [0, 0.1) is 11.7 Å². The monoisotopic (exact) mass is 470 g/mol. The van der Waals surface area contributed by atoms with Gasteiger partial charge in [0.15, 0.2) is 0 Å². The van der Waals surface area contributed by atoms with Gasteiger partial charge in [0.05, 0.1) is 12.1 Å². The molecule has 8 heteroatoms. The summed E-state index contributed by atoms with van der Waals surface area (Å²) in [6.45, 7) is 6.52. The minimum atomic E-state index is -0.316. The fourth-order valence-electron chi connectivity index (χ4n) is 3.83. The fourth-order valence-corrected chi connectivity index (χ4v) is 4.02. The summed E-state index contributed by atoms with van der Waals surface area (Å²) in [5.41, 5.74) is 2.82. The summed E-state index contributed by atoms with van der Waals surface area (Å²) in [6, 6.07) is 13.1. The lowest BCUT2D eigenvalue weighted by atomic mass is 10.1. The Kier molecular flexibility index (Phi) is 7.18. The number of halogens is 2. The lowest BCUT2D eigenvalue weighted by Gasteiger charge is -2.25. The van der Waals surface area contributed by atoms with Crippen LogP contribution in [0.3, 0.4) is 0 Å². The Hall–Kier alpha value is -3.06. The molecule has 1 heterocycles. The molecule has 6 nitrogen and oxygen atoms in total. The number of carbonyl (C=O) groups is 1. The Morgan fingerprint density at radius 3 is 2.55 bits per heavy atom. The van der Waals surface area contributed by atoms with Crippen molar-refractivity contribution in [2.24, 2.45) is 5.92 Å². The molecule has 0 radical (unpaired) electrons. The molecule has 1 aromatic heterocycles. The van der Waals surface area contributed by atoms with E-state index in [1.807, 2.05) is 19.9 Å². The van der Waals surface area contributed by atoms with Crippen molar-refractivity contribution >= 4 is 29.2 Å². The van der Waals surface area contributed by atoms with Crippen LogP contribution >= 0.6 is 11.6 Å². The zero-order valence-corrected chi connectivity index (χ0v) is 19.6. The predicted octanol–water partition coefficient (Wildman–Crippen LogP) is 6.42. The summed E-state index contributed by atoms with van der Waals surface area (Å²) in [5, 5.41) is 7.84. The van der Waals surface area contributed by atoms with Crippen LogP contribution in [0.25, 0.3) is 11.3 Å². The molecular formula is C25H28ClFN4O2. The van der Waals surface area contributed by atoms with Crippen LogP contribution in [-0.2, 0) is 6.54 Å². The van der Waals surface area contributed by atoms with E-state index >= 15 is 0 Å². The molecule has 1 saturated carbocycles. The number of nitrogens with zero attached hydrogens (tertiary/aromatic N) is 3. The molecule has 0 spiro atoms. The van der Waals surface area contributed by atoms with Gasteiger partial charge in [0.1, 0.15) is 11.5 Å². The highest BCUT2D eigenvalue weighted by Gasteiger charge is 2.30. The van der Waals surface area contributed by atoms with Crippen LogP contribution in [0.1, 0.15) is 32.3 Å². The molecular weight excluding hydrogens is 443 g/mol.